The summed E-state index contributed by atoms with van der Waals surface area (Å²) >= 11 is 0. The highest BCUT2D eigenvalue weighted by Crippen LogP contribution is 2.18. The average Bonchev–Trinajstić information content (AvgIpc) is 3.40. The molecule has 0 fully saturated rings. The number of rotatable bonds is 61. The molecule has 0 amide bonds. The van der Waals surface area contributed by atoms with Crippen molar-refractivity contribution >= 4 is 17.9 Å². The Kier molecular flexibility index (Phi) is 61.1. The summed E-state index contributed by atoms with van der Waals surface area (Å²) in [6, 6.07) is 0. The summed E-state index contributed by atoms with van der Waals surface area (Å²) < 4.78 is 16.9. The molecule has 434 valence electrons. The third-order valence-electron chi connectivity index (χ3n) is 14.9. The fourth-order valence-corrected chi connectivity index (χ4v) is 9.92. The Labute approximate surface area is 461 Å². The molecule has 0 heterocycles. The lowest BCUT2D eigenvalue weighted by molar-refractivity contribution is -0.167. The van der Waals surface area contributed by atoms with Crippen molar-refractivity contribution in [3.63, 3.8) is 0 Å². The molecule has 0 aromatic rings. The molecule has 0 aromatic carbocycles. The minimum atomic E-state index is -0.768. The molecule has 74 heavy (non-hydrogen) atoms. The van der Waals surface area contributed by atoms with Crippen LogP contribution in [0.1, 0.15) is 361 Å². The summed E-state index contributed by atoms with van der Waals surface area (Å²) in [6.07, 6.45) is 77.4. The van der Waals surface area contributed by atoms with E-state index in [1.54, 1.807) is 0 Å². The minimum Gasteiger partial charge on any atom is -0.462 e. The second-order valence-corrected chi connectivity index (χ2v) is 22.4. The van der Waals surface area contributed by atoms with Gasteiger partial charge < -0.3 is 14.2 Å². The van der Waals surface area contributed by atoms with Gasteiger partial charge in [-0.05, 0) is 57.8 Å². The minimum absolute atomic E-state index is 0.0670. The lowest BCUT2D eigenvalue weighted by Gasteiger charge is -2.18. The number of carbonyl (C=O) groups is 3. The van der Waals surface area contributed by atoms with E-state index in [1.165, 1.54) is 250 Å². The van der Waals surface area contributed by atoms with E-state index in [-0.39, 0.29) is 31.1 Å². The maximum atomic E-state index is 12.9. The van der Waals surface area contributed by atoms with Crippen LogP contribution in [0.15, 0.2) is 36.5 Å². The molecule has 0 spiro atoms. The van der Waals surface area contributed by atoms with Gasteiger partial charge in [0.25, 0.3) is 0 Å². The highest BCUT2D eigenvalue weighted by Gasteiger charge is 2.19. The molecular formula is C68H126O6. The van der Waals surface area contributed by atoms with Gasteiger partial charge in [0, 0.05) is 19.3 Å². The monoisotopic (exact) mass is 1040 g/mol. The second-order valence-electron chi connectivity index (χ2n) is 22.4. The van der Waals surface area contributed by atoms with E-state index in [0.717, 1.165) is 70.6 Å². The first kappa shape index (κ1) is 71.6. The van der Waals surface area contributed by atoms with Gasteiger partial charge in [-0.1, -0.05) is 320 Å². The van der Waals surface area contributed by atoms with Crippen LogP contribution in [-0.2, 0) is 28.6 Å². The number of hydrogen-bond acceptors (Lipinski definition) is 6. The number of ether oxygens (including phenoxy) is 3. The van der Waals surface area contributed by atoms with Crippen LogP contribution < -0.4 is 0 Å². The summed E-state index contributed by atoms with van der Waals surface area (Å²) in [6.45, 7) is 6.67. The summed E-state index contributed by atoms with van der Waals surface area (Å²) in [5.74, 6) is -0.847. The molecule has 6 heteroatoms. The Morgan fingerprint density at radius 1 is 0.270 bits per heavy atom. The first-order chi connectivity index (χ1) is 36.5. The fourth-order valence-electron chi connectivity index (χ4n) is 9.92. The number of esters is 3. The van der Waals surface area contributed by atoms with E-state index < -0.39 is 6.10 Å². The Morgan fingerprint density at radius 3 is 0.757 bits per heavy atom. The van der Waals surface area contributed by atoms with Crippen molar-refractivity contribution in [2.45, 2.75) is 367 Å². The number of hydrogen-bond donors (Lipinski definition) is 0. The SMILES string of the molecule is CCCCCCC/C=C\C/C=C\C/C=C\CCCCCCCCCCCCCCC(=O)OCC(COC(=O)CCCCCCCCCCC)OC(=O)CCCCCCCCCCCCCCCCCCCCCC. The lowest BCUT2D eigenvalue weighted by atomic mass is 10.0. The highest BCUT2D eigenvalue weighted by molar-refractivity contribution is 5.71. The standard InChI is InChI=1S/C68H126O6/c1-4-7-10-13-16-19-21-23-25-27-29-31-32-33-34-35-36-37-39-40-42-44-46-49-52-55-58-61-67(70)73-64-65(63-72-66(69)60-57-54-51-48-18-15-12-9-6-3)74-68(71)62-59-56-53-50-47-45-43-41-38-30-28-26-24-22-20-17-14-11-8-5-2/h21,23,27,29,32-33,65H,4-20,22,24-26,28,30-31,34-64H2,1-3H3/b23-21-,29-27-,33-32-. The van der Waals surface area contributed by atoms with Crippen molar-refractivity contribution in [2.75, 3.05) is 13.2 Å². The van der Waals surface area contributed by atoms with Gasteiger partial charge in [0.1, 0.15) is 13.2 Å². The molecule has 0 aliphatic carbocycles. The van der Waals surface area contributed by atoms with Crippen LogP contribution >= 0.6 is 0 Å². The summed E-state index contributed by atoms with van der Waals surface area (Å²) in [4.78, 5) is 38.2. The van der Waals surface area contributed by atoms with Crippen LogP contribution in [0, 0.1) is 0 Å². The van der Waals surface area contributed by atoms with Crippen LogP contribution in [-0.4, -0.2) is 37.2 Å². The van der Waals surface area contributed by atoms with Gasteiger partial charge in [-0.25, -0.2) is 0 Å². The molecule has 0 aromatic heterocycles. The quantitative estimate of drug-likeness (QED) is 0.0261. The fraction of sp³-hybridized carbons (Fsp3) is 0.868. The van der Waals surface area contributed by atoms with Crippen LogP contribution in [0.2, 0.25) is 0 Å². The smallest absolute Gasteiger partial charge is 0.306 e. The predicted molar refractivity (Wildman–Crippen MR) is 321 cm³/mol. The Bertz CT molecular complexity index is 1240. The van der Waals surface area contributed by atoms with Gasteiger partial charge in [-0.3, -0.25) is 14.4 Å². The highest BCUT2D eigenvalue weighted by atomic mass is 16.6. The number of carbonyl (C=O) groups excluding carboxylic acids is 3. The van der Waals surface area contributed by atoms with Gasteiger partial charge in [0.05, 0.1) is 0 Å². The van der Waals surface area contributed by atoms with Crippen molar-refractivity contribution in [1.29, 1.82) is 0 Å². The van der Waals surface area contributed by atoms with Gasteiger partial charge in [0.2, 0.25) is 0 Å². The summed E-state index contributed by atoms with van der Waals surface area (Å²) in [5.41, 5.74) is 0. The second kappa shape index (κ2) is 63.2. The average molecular weight is 1040 g/mol. The van der Waals surface area contributed by atoms with Crippen LogP contribution in [0.3, 0.4) is 0 Å². The van der Waals surface area contributed by atoms with E-state index in [9.17, 15) is 14.4 Å². The molecule has 0 aliphatic rings. The molecule has 1 atom stereocenters. The molecular weight excluding hydrogens is 913 g/mol. The molecule has 0 bridgehead atoms. The van der Waals surface area contributed by atoms with Gasteiger partial charge in [-0.2, -0.15) is 0 Å². The van der Waals surface area contributed by atoms with E-state index in [1.807, 2.05) is 0 Å². The molecule has 6 nitrogen and oxygen atoms in total. The summed E-state index contributed by atoms with van der Waals surface area (Å²) in [7, 11) is 0. The van der Waals surface area contributed by atoms with Crippen LogP contribution in [0.4, 0.5) is 0 Å². The zero-order valence-electron chi connectivity index (χ0n) is 49.9. The third-order valence-corrected chi connectivity index (χ3v) is 14.9. The van der Waals surface area contributed by atoms with E-state index in [2.05, 4.69) is 57.2 Å². The van der Waals surface area contributed by atoms with Crippen LogP contribution in [0.25, 0.3) is 0 Å². The Hall–Kier alpha value is -2.37. The third kappa shape index (κ3) is 60.5. The molecule has 0 N–H and O–H groups in total. The Morgan fingerprint density at radius 2 is 0.486 bits per heavy atom. The first-order valence-corrected chi connectivity index (χ1v) is 33.0. The normalized spacial score (nSPS) is 12.2. The number of unbranched alkanes of at least 4 members (excludes halogenated alkanes) is 44. The molecule has 0 rings (SSSR count). The van der Waals surface area contributed by atoms with Crippen molar-refractivity contribution < 1.29 is 28.6 Å². The van der Waals surface area contributed by atoms with Gasteiger partial charge in [0.15, 0.2) is 6.10 Å². The van der Waals surface area contributed by atoms with Crippen molar-refractivity contribution in [2.24, 2.45) is 0 Å². The predicted octanol–water partition coefficient (Wildman–Crippen LogP) is 22.4. The lowest BCUT2D eigenvalue weighted by Crippen LogP contribution is -2.30. The molecule has 0 radical (unpaired) electrons. The number of allylic oxidation sites excluding steroid dienone is 6. The zero-order valence-corrected chi connectivity index (χ0v) is 49.9. The molecule has 0 saturated carbocycles. The first-order valence-electron chi connectivity index (χ1n) is 33.0. The van der Waals surface area contributed by atoms with Crippen molar-refractivity contribution in [3.8, 4) is 0 Å². The van der Waals surface area contributed by atoms with E-state index in [0.29, 0.717) is 19.3 Å². The van der Waals surface area contributed by atoms with Crippen molar-refractivity contribution in [1.82, 2.24) is 0 Å². The summed E-state index contributed by atoms with van der Waals surface area (Å²) in [5, 5.41) is 0. The van der Waals surface area contributed by atoms with Crippen LogP contribution in [0.5, 0.6) is 0 Å². The molecule has 0 saturated heterocycles. The van der Waals surface area contributed by atoms with E-state index in [4.69, 9.17) is 14.2 Å². The maximum absolute atomic E-state index is 12.9. The van der Waals surface area contributed by atoms with Gasteiger partial charge in [-0.15, -0.1) is 0 Å². The maximum Gasteiger partial charge on any atom is 0.306 e. The van der Waals surface area contributed by atoms with E-state index >= 15 is 0 Å². The van der Waals surface area contributed by atoms with Crippen molar-refractivity contribution in [3.05, 3.63) is 36.5 Å². The molecule has 0 aliphatic heterocycles. The topological polar surface area (TPSA) is 78.9 Å². The zero-order chi connectivity index (χ0) is 53.6. The largest absolute Gasteiger partial charge is 0.462 e. The Balaban J connectivity index is 4.14. The molecule has 1 unspecified atom stereocenters. The van der Waals surface area contributed by atoms with Gasteiger partial charge >= 0.3 is 17.9 Å².